The van der Waals surface area contributed by atoms with Gasteiger partial charge in [-0.15, -0.1) is 11.3 Å². The molecule has 1 aliphatic heterocycles. The molecule has 1 aromatic heterocycles. The Bertz CT molecular complexity index is 436. The first-order valence-electron chi connectivity index (χ1n) is 5.58. The molecule has 1 aliphatic rings. The number of likely N-dealkylation sites (tertiary alicyclic amines) is 1. The van der Waals surface area contributed by atoms with Crippen molar-refractivity contribution in [1.82, 2.24) is 9.88 Å². The number of hydrogen-bond donors (Lipinski definition) is 1. The maximum atomic E-state index is 12.2. The minimum absolute atomic E-state index is 0.0892. The third-order valence-electron chi connectivity index (χ3n) is 3.12. The van der Waals surface area contributed by atoms with Crippen molar-refractivity contribution >= 4 is 34.5 Å². The molecule has 1 aromatic rings. The van der Waals surface area contributed by atoms with Crippen LogP contribution in [0.25, 0.3) is 0 Å². The van der Waals surface area contributed by atoms with Gasteiger partial charge in [0.15, 0.2) is 0 Å². The van der Waals surface area contributed by atoms with Crippen molar-refractivity contribution in [3.05, 3.63) is 16.1 Å². The molecule has 0 aliphatic carbocycles. The van der Waals surface area contributed by atoms with Crippen LogP contribution in [-0.2, 0) is 0 Å². The summed E-state index contributed by atoms with van der Waals surface area (Å²) in [5, 5.41) is 0. The van der Waals surface area contributed by atoms with E-state index in [1.54, 1.807) is 5.51 Å². The Kier molecular flexibility index (Phi) is 3.73. The summed E-state index contributed by atoms with van der Waals surface area (Å²) < 4.78 is 0. The van der Waals surface area contributed by atoms with Crippen molar-refractivity contribution in [1.29, 1.82) is 0 Å². The molecular formula is C11H15N3OS2. The second kappa shape index (κ2) is 5.10. The second-order valence-corrected chi connectivity index (χ2v) is 5.56. The van der Waals surface area contributed by atoms with Gasteiger partial charge in [-0.2, -0.15) is 0 Å². The van der Waals surface area contributed by atoms with Gasteiger partial charge in [0, 0.05) is 19.0 Å². The molecular weight excluding hydrogens is 254 g/mol. The number of aryl methyl sites for hydroxylation is 1. The summed E-state index contributed by atoms with van der Waals surface area (Å²) in [6, 6.07) is 0. The van der Waals surface area contributed by atoms with E-state index in [1.807, 2.05) is 11.8 Å². The van der Waals surface area contributed by atoms with Crippen LogP contribution in [0.2, 0.25) is 0 Å². The van der Waals surface area contributed by atoms with Gasteiger partial charge in [0.2, 0.25) is 0 Å². The van der Waals surface area contributed by atoms with Gasteiger partial charge in [0.05, 0.1) is 16.2 Å². The predicted octanol–water partition coefficient (Wildman–Crippen LogP) is 1.59. The lowest BCUT2D eigenvalue weighted by molar-refractivity contribution is 0.0714. The van der Waals surface area contributed by atoms with E-state index in [1.165, 1.54) is 11.3 Å². The van der Waals surface area contributed by atoms with Gasteiger partial charge in [-0.1, -0.05) is 12.2 Å². The van der Waals surface area contributed by atoms with E-state index < -0.39 is 0 Å². The third kappa shape index (κ3) is 2.63. The summed E-state index contributed by atoms with van der Waals surface area (Å²) in [4.78, 5) is 19.5. The summed E-state index contributed by atoms with van der Waals surface area (Å²) in [6.45, 7) is 3.34. The average Bonchev–Trinajstić information content (AvgIpc) is 2.74. The second-order valence-electron chi connectivity index (χ2n) is 4.24. The molecule has 1 amide bonds. The number of aromatic nitrogens is 1. The van der Waals surface area contributed by atoms with Gasteiger partial charge in [-0.05, 0) is 19.8 Å². The molecule has 0 radical (unpaired) electrons. The van der Waals surface area contributed by atoms with Crippen LogP contribution in [0.3, 0.4) is 0 Å². The first kappa shape index (κ1) is 12.4. The van der Waals surface area contributed by atoms with E-state index >= 15 is 0 Å². The van der Waals surface area contributed by atoms with Crippen LogP contribution in [0.1, 0.15) is 28.2 Å². The topological polar surface area (TPSA) is 59.2 Å². The molecule has 2 heterocycles. The molecule has 1 saturated heterocycles. The van der Waals surface area contributed by atoms with Gasteiger partial charge in [0.25, 0.3) is 5.91 Å². The summed E-state index contributed by atoms with van der Waals surface area (Å²) in [7, 11) is 0. The Morgan fingerprint density at radius 2 is 2.24 bits per heavy atom. The van der Waals surface area contributed by atoms with E-state index in [9.17, 15) is 4.79 Å². The van der Waals surface area contributed by atoms with Crippen LogP contribution in [0.5, 0.6) is 0 Å². The maximum absolute atomic E-state index is 12.2. The number of hydrogen-bond acceptors (Lipinski definition) is 4. The largest absolute Gasteiger partial charge is 0.393 e. The maximum Gasteiger partial charge on any atom is 0.265 e. The van der Waals surface area contributed by atoms with E-state index in [4.69, 9.17) is 18.0 Å². The van der Waals surface area contributed by atoms with Crippen molar-refractivity contribution in [3.8, 4) is 0 Å². The fourth-order valence-corrected chi connectivity index (χ4v) is 3.02. The lowest BCUT2D eigenvalue weighted by Crippen LogP contribution is -2.41. The highest BCUT2D eigenvalue weighted by Gasteiger charge is 2.26. The van der Waals surface area contributed by atoms with Crippen LogP contribution < -0.4 is 5.73 Å². The van der Waals surface area contributed by atoms with Crippen LogP contribution in [0.4, 0.5) is 0 Å². The number of thiazole rings is 1. The van der Waals surface area contributed by atoms with E-state index in [0.717, 1.165) is 36.5 Å². The van der Waals surface area contributed by atoms with Crippen LogP contribution in [-0.4, -0.2) is 33.9 Å². The van der Waals surface area contributed by atoms with Gasteiger partial charge >= 0.3 is 0 Å². The average molecular weight is 269 g/mol. The Balaban J connectivity index is 2.00. The van der Waals surface area contributed by atoms with E-state index in [-0.39, 0.29) is 11.8 Å². The molecule has 0 aromatic carbocycles. The molecule has 4 nitrogen and oxygen atoms in total. The van der Waals surface area contributed by atoms with Crippen molar-refractivity contribution in [2.24, 2.45) is 11.7 Å². The van der Waals surface area contributed by atoms with Gasteiger partial charge in [0.1, 0.15) is 4.88 Å². The normalized spacial score (nSPS) is 17.1. The highest BCUT2D eigenvalue weighted by atomic mass is 32.1. The quantitative estimate of drug-likeness (QED) is 0.828. The molecule has 0 spiro atoms. The SMILES string of the molecule is Cc1ncsc1C(=O)N1CCC(C(N)=S)CC1. The smallest absolute Gasteiger partial charge is 0.265 e. The van der Waals surface area contributed by atoms with E-state index in [2.05, 4.69) is 4.98 Å². The molecule has 92 valence electrons. The molecule has 17 heavy (non-hydrogen) atoms. The van der Waals surface area contributed by atoms with Crippen LogP contribution in [0.15, 0.2) is 5.51 Å². The number of piperidine rings is 1. The number of amides is 1. The first-order valence-corrected chi connectivity index (χ1v) is 6.87. The molecule has 2 N–H and O–H groups in total. The predicted molar refractivity (Wildman–Crippen MR) is 72.3 cm³/mol. The van der Waals surface area contributed by atoms with E-state index in [0.29, 0.717) is 4.99 Å². The third-order valence-corrected chi connectivity index (χ3v) is 4.37. The minimum Gasteiger partial charge on any atom is -0.393 e. The lowest BCUT2D eigenvalue weighted by atomic mass is 9.97. The number of nitrogens with zero attached hydrogens (tertiary/aromatic N) is 2. The van der Waals surface area contributed by atoms with Crippen LogP contribution >= 0.6 is 23.6 Å². The standard InChI is InChI=1S/C11H15N3OS2/c1-7-9(17-6-13-7)11(15)14-4-2-8(3-5-14)10(12)16/h6,8H,2-5H2,1H3,(H2,12,16). The van der Waals surface area contributed by atoms with Gasteiger partial charge < -0.3 is 10.6 Å². The lowest BCUT2D eigenvalue weighted by Gasteiger charge is -2.31. The van der Waals surface area contributed by atoms with Crippen LogP contribution in [0, 0.1) is 12.8 Å². The van der Waals surface area contributed by atoms with Crippen molar-refractivity contribution in [2.75, 3.05) is 13.1 Å². The van der Waals surface area contributed by atoms with Crippen molar-refractivity contribution < 1.29 is 4.79 Å². The van der Waals surface area contributed by atoms with Crippen molar-refractivity contribution in [2.45, 2.75) is 19.8 Å². The highest BCUT2D eigenvalue weighted by Crippen LogP contribution is 2.21. The summed E-state index contributed by atoms with van der Waals surface area (Å²) in [6.07, 6.45) is 1.75. The zero-order chi connectivity index (χ0) is 12.4. The molecule has 0 bridgehead atoms. The Hall–Kier alpha value is -1.01. The van der Waals surface area contributed by atoms with Gasteiger partial charge in [-0.3, -0.25) is 4.79 Å². The molecule has 0 saturated carbocycles. The highest BCUT2D eigenvalue weighted by molar-refractivity contribution is 7.80. The molecule has 2 rings (SSSR count). The number of carbonyl (C=O) groups is 1. The molecule has 0 atom stereocenters. The zero-order valence-corrected chi connectivity index (χ0v) is 11.3. The Labute approximate surface area is 110 Å². The number of nitrogens with two attached hydrogens (primary N) is 1. The monoisotopic (exact) mass is 269 g/mol. The number of thiocarbonyl (C=S) groups is 1. The first-order chi connectivity index (χ1) is 8.09. The summed E-state index contributed by atoms with van der Waals surface area (Å²) in [5.74, 6) is 0.378. The zero-order valence-electron chi connectivity index (χ0n) is 9.68. The molecule has 0 unspecified atom stereocenters. The number of rotatable bonds is 2. The Morgan fingerprint density at radius 1 is 1.59 bits per heavy atom. The minimum atomic E-state index is 0.0892. The van der Waals surface area contributed by atoms with Gasteiger partial charge in [-0.25, -0.2) is 4.98 Å². The summed E-state index contributed by atoms with van der Waals surface area (Å²) >= 11 is 6.39. The molecule has 6 heteroatoms. The number of carbonyl (C=O) groups excluding carboxylic acids is 1. The fraction of sp³-hybridized carbons (Fsp3) is 0.545. The summed E-state index contributed by atoms with van der Waals surface area (Å²) in [5.41, 5.74) is 8.16. The fourth-order valence-electron chi connectivity index (χ4n) is 2.02. The molecule has 1 fully saturated rings. The Morgan fingerprint density at radius 3 is 2.71 bits per heavy atom. The van der Waals surface area contributed by atoms with Crippen molar-refractivity contribution in [3.63, 3.8) is 0 Å².